The Balaban J connectivity index is 1.48. The van der Waals surface area contributed by atoms with Gasteiger partial charge in [0.1, 0.15) is 0 Å². The Labute approximate surface area is 205 Å². The molecule has 0 aromatic heterocycles. The number of hydrogen-bond acceptors (Lipinski definition) is 4. The molecule has 2 aromatic rings. The number of alkyl halides is 1. The minimum atomic E-state index is -2.60. The number of carbonyl (C=O) groups is 1. The highest BCUT2D eigenvalue weighted by atomic mass is 79.9. The molecular weight excluding hydrogens is 496 g/mol. The molecule has 0 amide bonds. The summed E-state index contributed by atoms with van der Waals surface area (Å²) >= 11 is 3.80. The molecule has 0 N–H and O–H groups in total. The lowest BCUT2D eigenvalue weighted by Gasteiger charge is -2.45. The van der Waals surface area contributed by atoms with Crippen LogP contribution in [0, 0.1) is 5.92 Å². The number of carbonyl (C=O) groups excluding carboxylic acids is 1. The fraction of sp³-hybridized carbons (Fsp3) is 0.444. The van der Waals surface area contributed by atoms with Crippen molar-refractivity contribution < 1.29 is 18.7 Å². The number of rotatable bonds is 5. The number of halogens is 1. The largest absolute Gasteiger partial charge is 0.403 e. The second-order valence-electron chi connectivity index (χ2n) is 10.4. The quantitative estimate of drug-likeness (QED) is 0.330. The van der Waals surface area contributed by atoms with Gasteiger partial charge in [-0.3, -0.25) is 4.79 Å². The Kier molecular flexibility index (Phi) is 6.02. The lowest BCUT2D eigenvalue weighted by molar-refractivity contribution is -0.162. The van der Waals surface area contributed by atoms with Crippen LogP contribution < -0.4 is 10.4 Å². The van der Waals surface area contributed by atoms with E-state index < -0.39 is 18.9 Å². The van der Waals surface area contributed by atoms with E-state index in [1.807, 2.05) is 0 Å². The maximum absolute atomic E-state index is 12.9. The molecule has 0 radical (unpaired) electrons. The first-order valence-electron chi connectivity index (χ1n) is 11.7. The Morgan fingerprint density at radius 3 is 2.24 bits per heavy atom. The number of allylic oxidation sites excluding steroid dienone is 1. The fourth-order valence-electron chi connectivity index (χ4n) is 5.73. The highest BCUT2D eigenvalue weighted by Crippen LogP contribution is 2.50. The van der Waals surface area contributed by atoms with Crippen molar-refractivity contribution in [1.29, 1.82) is 0 Å². The summed E-state index contributed by atoms with van der Waals surface area (Å²) in [4.78, 5) is 12.9. The van der Waals surface area contributed by atoms with Crippen LogP contribution in [0.15, 0.2) is 72.3 Å². The third-order valence-corrected chi connectivity index (χ3v) is 13.7. The van der Waals surface area contributed by atoms with Gasteiger partial charge in [0.2, 0.25) is 12.1 Å². The lowest BCUT2D eigenvalue weighted by atomic mass is 9.73. The van der Waals surface area contributed by atoms with Crippen molar-refractivity contribution in [3.05, 3.63) is 72.3 Å². The van der Waals surface area contributed by atoms with Crippen LogP contribution in [-0.2, 0) is 18.7 Å². The summed E-state index contributed by atoms with van der Waals surface area (Å²) in [5.74, 6) is 0.0796. The molecule has 3 aliphatic rings. The molecule has 2 heterocycles. The molecule has 4 atom stereocenters. The summed E-state index contributed by atoms with van der Waals surface area (Å²) in [5.41, 5.74) is 1.24. The van der Waals surface area contributed by atoms with Crippen molar-refractivity contribution in [3.63, 3.8) is 0 Å². The highest BCUT2D eigenvalue weighted by Gasteiger charge is 2.59. The molecule has 4 nitrogen and oxygen atoms in total. The minimum absolute atomic E-state index is 0.0180. The molecule has 2 fully saturated rings. The number of benzene rings is 2. The van der Waals surface area contributed by atoms with Gasteiger partial charge in [-0.25, -0.2) is 0 Å². The zero-order chi connectivity index (χ0) is 23.3. The van der Waals surface area contributed by atoms with Gasteiger partial charge in [0.25, 0.3) is 8.32 Å². The van der Waals surface area contributed by atoms with E-state index in [2.05, 4.69) is 103 Å². The summed E-state index contributed by atoms with van der Waals surface area (Å²) < 4.78 is 18.0. The van der Waals surface area contributed by atoms with Crippen LogP contribution in [0.25, 0.3) is 0 Å². The molecule has 5 rings (SSSR count). The highest BCUT2D eigenvalue weighted by molar-refractivity contribution is 9.10. The minimum Gasteiger partial charge on any atom is -0.403 e. The second-order valence-corrected chi connectivity index (χ2v) is 16.1. The normalized spacial score (nSPS) is 29.5. The smallest absolute Gasteiger partial charge is 0.261 e. The molecule has 2 saturated heterocycles. The molecule has 174 valence electrons. The lowest BCUT2D eigenvalue weighted by Crippen LogP contribution is -2.66. The third-order valence-electron chi connectivity index (χ3n) is 7.43. The summed E-state index contributed by atoms with van der Waals surface area (Å²) in [6, 6.07) is 21.4. The van der Waals surface area contributed by atoms with E-state index in [-0.39, 0.29) is 22.8 Å². The molecule has 33 heavy (non-hydrogen) atoms. The van der Waals surface area contributed by atoms with E-state index in [4.69, 9.17) is 13.9 Å². The van der Waals surface area contributed by atoms with Gasteiger partial charge in [0.15, 0.2) is 0 Å². The number of ether oxygens (including phenoxy) is 2. The van der Waals surface area contributed by atoms with E-state index >= 15 is 0 Å². The first-order valence-corrected chi connectivity index (χ1v) is 14.4. The summed E-state index contributed by atoms with van der Waals surface area (Å²) in [6.45, 7) is 7.92. The average molecular weight is 528 g/mol. The first kappa shape index (κ1) is 23.2. The van der Waals surface area contributed by atoms with E-state index in [1.54, 1.807) is 0 Å². The molecule has 0 spiro atoms. The van der Waals surface area contributed by atoms with Crippen molar-refractivity contribution in [3.8, 4) is 0 Å². The summed E-state index contributed by atoms with van der Waals surface area (Å²) in [5, 5.41) is 2.48. The van der Waals surface area contributed by atoms with Gasteiger partial charge >= 0.3 is 0 Å². The molecule has 6 heteroatoms. The van der Waals surface area contributed by atoms with E-state index in [0.29, 0.717) is 19.6 Å². The monoisotopic (exact) mass is 526 g/mol. The Hall–Kier alpha value is -1.57. The maximum Gasteiger partial charge on any atom is 0.261 e. The topological polar surface area (TPSA) is 44.8 Å². The van der Waals surface area contributed by atoms with Gasteiger partial charge < -0.3 is 13.9 Å². The average Bonchev–Trinajstić information content (AvgIpc) is 3.26. The summed E-state index contributed by atoms with van der Waals surface area (Å²) in [7, 11) is -2.60. The van der Waals surface area contributed by atoms with E-state index in [1.165, 1.54) is 15.9 Å². The number of hydrogen-bond donors (Lipinski definition) is 0. The van der Waals surface area contributed by atoms with Gasteiger partial charge in [0.05, 0.1) is 23.6 Å². The number of Topliss-reactive ketones (excluding diaryl/α,β-unsaturated/α-hetero) is 1. The SMILES string of the molecule is CC(C)(C)[Si](OCC1=CC[C@@]2(Br)C(=O)[C@@H]3OC[C@@H](O3)C2C1)(c1ccccc1)c1ccccc1. The van der Waals surface area contributed by atoms with Crippen molar-refractivity contribution in [1.82, 2.24) is 0 Å². The molecule has 2 bridgehead atoms. The van der Waals surface area contributed by atoms with Gasteiger partial charge in [0, 0.05) is 5.92 Å². The molecule has 2 aliphatic heterocycles. The van der Waals surface area contributed by atoms with Gasteiger partial charge in [-0.05, 0) is 33.8 Å². The maximum atomic E-state index is 12.9. The van der Waals surface area contributed by atoms with Crippen LogP contribution in [0.1, 0.15) is 33.6 Å². The van der Waals surface area contributed by atoms with Crippen LogP contribution >= 0.6 is 15.9 Å². The standard InChI is InChI=1S/C27H31BrO4Si/c1-26(2,3)33(20-10-6-4-7-11-20,21-12-8-5-9-13-21)31-17-19-14-15-27(28)22(16-19)23-18-30-25(32-23)24(27)29/h4-14,22-23,25H,15-18H2,1-3H3/t22?,23-,25-,27+/m1/s1. The van der Waals surface area contributed by atoms with Gasteiger partial charge in [-0.15, -0.1) is 0 Å². The molecular formula is C27H31BrO4Si. The van der Waals surface area contributed by atoms with Crippen LogP contribution in [0.2, 0.25) is 5.04 Å². The van der Waals surface area contributed by atoms with Crippen molar-refractivity contribution in [2.45, 2.75) is 55.4 Å². The Morgan fingerprint density at radius 2 is 1.67 bits per heavy atom. The van der Waals surface area contributed by atoms with Crippen molar-refractivity contribution >= 4 is 40.4 Å². The second kappa shape index (κ2) is 8.58. The fourth-order valence-corrected chi connectivity index (χ4v) is 11.1. The van der Waals surface area contributed by atoms with Crippen molar-refractivity contribution in [2.75, 3.05) is 13.2 Å². The number of fused-ring (bicyclic) bond motifs is 4. The Morgan fingerprint density at radius 1 is 1.06 bits per heavy atom. The van der Waals surface area contributed by atoms with Crippen LogP contribution in [0.5, 0.6) is 0 Å². The summed E-state index contributed by atoms with van der Waals surface area (Å²) in [6.07, 6.45) is 2.86. The van der Waals surface area contributed by atoms with Crippen molar-refractivity contribution in [2.24, 2.45) is 5.92 Å². The van der Waals surface area contributed by atoms with E-state index in [9.17, 15) is 4.79 Å². The zero-order valence-electron chi connectivity index (χ0n) is 19.4. The van der Waals surface area contributed by atoms with Gasteiger partial charge in [-0.1, -0.05) is 103 Å². The number of ketones is 1. The van der Waals surface area contributed by atoms with Gasteiger partial charge in [-0.2, -0.15) is 0 Å². The van der Waals surface area contributed by atoms with Crippen LogP contribution in [-0.4, -0.2) is 44.0 Å². The first-order chi connectivity index (χ1) is 15.8. The predicted octanol–water partition coefficient (Wildman–Crippen LogP) is 4.36. The predicted molar refractivity (Wildman–Crippen MR) is 136 cm³/mol. The molecule has 2 aromatic carbocycles. The zero-order valence-corrected chi connectivity index (χ0v) is 22.0. The Bertz CT molecular complexity index is 1010. The molecule has 1 aliphatic carbocycles. The van der Waals surface area contributed by atoms with Crippen LogP contribution in [0.3, 0.4) is 0 Å². The third kappa shape index (κ3) is 3.80. The molecule has 1 unspecified atom stereocenters. The molecule has 0 saturated carbocycles. The van der Waals surface area contributed by atoms with E-state index in [0.717, 1.165) is 6.42 Å². The van der Waals surface area contributed by atoms with Crippen LogP contribution in [0.4, 0.5) is 0 Å².